The average Bonchev–Trinajstić information content (AvgIpc) is 2.89. The van der Waals surface area contributed by atoms with Crippen molar-refractivity contribution in [2.45, 2.75) is 25.4 Å². The summed E-state index contributed by atoms with van der Waals surface area (Å²) in [5.74, 6) is 2.41. The minimum absolute atomic E-state index is 0. The summed E-state index contributed by atoms with van der Waals surface area (Å²) in [7, 11) is 0. The number of amides is 1. The Morgan fingerprint density at radius 2 is 1.72 bits per heavy atom. The smallest absolute Gasteiger partial charge is 0.228 e. The fraction of sp³-hybridized carbons (Fsp3) is 0.409. The molecule has 7 heteroatoms. The van der Waals surface area contributed by atoms with Gasteiger partial charge in [0.05, 0.1) is 11.4 Å². The van der Waals surface area contributed by atoms with Gasteiger partial charge in [-0.25, -0.2) is 0 Å². The molecular formula is C22H29Cl2N3OS. The summed E-state index contributed by atoms with van der Waals surface area (Å²) < 4.78 is 0. The van der Waals surface area contributed by atoms with Gasteiger partial charge in [0.25, 0.3) is 0 Å². The molecule has 0 radical (unpaired) electrons. The predicted molar refractivity (Wildman–Crippen MR) is 129 cm³/mol. The molecule has 2 aliphatic rings. The van der Waals surface area contributed by atoms with E-state index in [0.717, 1.165) is 55.5 Å². The molecule has 1 saturated heterocycles. The van der Waals surface area contributed by atoms with E-state index in [-0.39, 0.29) is 30.7 Å². The Bertz CT molecular complexity index is 772. The van der Waals surface area contributed by atoms with Gasteiger partial charge >= 0.3 is 0 Å². The first-order valence-electron chi connectivity index (χ1n) is 9.80. The first-order valence-corrected chi connectivity index (χ1v) is 11.0. The number of fused-ring (bicyclic) bond motifs is 1. The molecule has 29 heavy (non-hydrogen) atoms. The number of carbonyl (C=O) groups excluding carboxylic acids is 1. The van der Waals surface area contributed by atoms with Crippen LogP contribution in [0.5, 0.6) is 0 Å². The molecule has 4 rings (SSSR count). The lowest BCUT2D eigenvalue weighted by molar-refractivity contribution is -0.119. The maximum atomic E-state index is 13.1. The van der Waals surface area contributed by atoms with Gasteiger partial charge in [0.2, 0.25) is 5.91 Å². The Morgan fingerprint density at radius 1 is 1.00 bits per heavy atom. The molecule has 158 valence electrons. The number of rotatable bonds is 4. The van der Waals surface area contributed by atoms with E-state index in [1.165, 1.54) is 5.56 Å². The van der Waals surface area contributed by atoms with Crippen molar-refractivity contribution in [1.29, 1.82) is 0 Å². The summed E-state index contributed by atoms with van der Waals surface area (Å²) in [6.45, 7) is 3.64. The van der Waals surface area contributed by atoms with Crippen molar-refractivity contribution in [2.75, 3.05) is 40.9 Å². The van der Waals surface area contributed by atoms with Crippen molar-refractivity contribution in [3.05, 3.63) is 60.2 Å². The maximum Gasteiger partial charge on any atom is 0.228 e. The van der Waals surface area contributed by atoms with Gasteiger partial charge in [0.1, 0.15) is 0 Å². The number of halogens is 2. The third-order valence-electron chi connectivity index (χ3n) is 5.26. The van der Waals surface area contributed by atoms with E-state index < -0.39 is 0 Å². The number of anilines is 2. The van der Waals surface area contributed by atoms with Crippen molar-refractivity contribution in [3.63, 3.8) is 0 Å². The van der Waals surface area contributed by atoms with Crippen LogP contribution in [0.25, 0.3) is 0 Å². The number of nitrogens with zero attached hydrogens (tertiary/aromatic N) is 2. The van der Waals surface area contributed by atoms with Crippen LogP contribution in [0.1, 0.15) is 18.4 Å². The molecule has 1 amide bonds. The van der Waals surface area contributed by atoms with Crippen LogP contribution in [0.4, 0.5) is 11.4 Å². The van der Waals surface area contributed by atoms with E-state index in [0.29, 0.717) is 12.5 Å². The molecule has 0 bridgehead atoms. The van der Waals surface area contributed by atoms with Crippen molar-refractivity contribution in [3.8, 4) is 0 Å². The average molecular weight is 454 g/mol. The molecule has 2 aliphatic heterocycles. The number of carbonyl (C=O) groups is 1. The Hall–Kier alpha value is -1.40. The van der Waals surface area contributed by atoms with E-state index >= 15 is 0 Å². The van der Waals surface area contributed by atoms with E-state index in [1.807, 2.05) is 22.7 Å². The summed E-state index contributed by atoms with van der Waals surface area (Å²) in [5, 5.41) is 3.49. The Morgan fingerprint density at radius 3 is 2.45 bits per heavy atom. The van der Waals surface area contributed by atoms with Crippen molar-refractivity contribution in [2.24, 2.45) is 0 Å². The van der Waals surface area contributed by atoms with Gasteiger partial charge in [0.15, 0.2) is 0 Å². The summed E-state index contributed by atoms with van der Waals surface area (Å²) >= 11 is 1.94. The van der Waals surface area contributed by atoms with Crippen LogP contribution in [0.3, 0.4) is 0 Å². The van der Waals surface area contributed by atoms with Crippen molar-refractivity contribution >= 4 is 53.9 Å². The maximum absolute atomic E-state index is 13.1. The molecular weight excluding hydrogens is 425 g/mol. The van der Waals surface area contributed by atoms with Gasteiger partial charge in [-0.15, -0.1) is 24.8 Å². The lowest BCUT2D eigenvalue weighted by Gasteiger charge is -2.29. The highest BCUT2D eigenvalue weighted by Crippen LogP contribution is 2.33. The van der Waals surface area contributed by atoms with Gasteiger partial charge in [-0.1, -0.05) is 42.5 Å². The summed E-state index contributed by atoms with van der Waals surface area (Å²) in [5.41, 5.74) is 3.52. The number of thioether (sulfide) groups is 1. The zero-order chi connectivity index (χ0) is 18.5. The summed E-state index contributed by atoms with van der Waals surface area (Å²) in [4.78, 5) is 17.5. The lowest BCUT2D eigenvalue weighted by Crippen LogP contribution is -2.43. The molecule has 4 nitrogen and oxygen atoms in total. The van der Waals surface area contributed by atoms with E-state index in [9.17, 15) is 4.79 Å². The summed E-state index contributed by atoms with van der Waals surface area (Å²) in [6.07, 6.45) is 1.57. The minimum Gasteiger partial charge on any atom is -0.365 e. The second-order valence-corrected chi connectivity index (χ2v) is 8.37. The lowest BCUT2D eigenvalue weighted by atomic mass is 10.1. The van der Waals surface area contributed by atoms with Crippen LogP contribution in [-0.2, 0) is 11.3 Å². The number of hydrogen-bond donors (Lipinski definition) is 1. The Balaban J connectivity index is 0.00000150. The fourth-order valence-electron chi connectivity index (χ4n) is 3.92. The Labute approximate surface area is 190 Å². The quantitative estimate of drug-likeness (QED) is 0.745. The largest absolute Gasteiger partial charge is 0.365 e. The zero-order valence-electron chi connectivity index (χ0n) is 16.5. The summed E-state index contributed by atoms with van der Waals surface area (Å²) in [6, 6.07) is 19.2. The van der Waals surface area contributed by atoms with E-state index in [4.69, 9.17) is 0 Å². The van der Waals surface area contributed by atoms with Crippen LogP contribution in [-0.4, -0.2) is 43.1 Å². The highest BCUT2D eigenvalue weighted by Gasteiger charge is 2.27. The molecule has 1 atom stereocenters. The number of nitrogens with one attached hydrogen (secondary N) is 1. The molecule has 1 unspecified atom stereocenters. The van der Waals surface area contributed by atoms with Crippen LogP contribution in [0.15, 0.2) is 54.6 Å². The van der Waals surface area contributed by atoms with Crippen LogP contribution >= 0.6 is 36.6 Å². The van der Waals surface area contributed by atoms with Crippen molar-refractivity contribution in [1.82, 2.24) is 5.32 Å². The topological polar surface area (TPSA) is 35.6 Å². The number of para-hydroxylation sites is 2. The zero-order valence-corrected chi connectivity index (χ0v) is 18.9. The fourth-order valence-corrected chi connectivity index (χ4v) is 4.87. The van der Waals surface area contributed by atoms with E-state index in [2.05, 4.69) is 58.7 Å². The highest BCUT2D eigenvalue weighted by atomic mass is 35.5. The molecule has 0 aliphatic carbocycles. The first kappa shape index (κ1) is 23.9. The SMILES string of the molecule is Cl.Cl.O=C(CC1CSCCN1)N1CCCN(Cc2ccccc2)c2ccccc21. The molecule has 2 heterocycles. The minimum atomic E-state index is 0. The normalized spacial score (nSPS) is 18.7. The second kappa shape index (κ2) is 11.7. The monoisotopic (exact) mass is 453 g/mol. The molecule has 0 saturated carbocycles. The Kier molecular flexibility index (Phi) is 9.63. The van der Waals surface area contributed by atoms with Gasteiger partial charge in [-0.2, -0.15) is 11.8 Å². The van der Waals surface area contributed by atoms with Gasteiger partial charge < -0.3 is 15.1 Å². The standard InChI is InChI=1S/C22H27N3OS.2ClH/c26-22(15-19-17-27-14-11-23-19)25-13-6-12-24(16-18-7-2-1-3-8-18)20-9-4-5-10-21(20)25;;/h1-5,7-10,19,23H,6,11-17H2;2*1H. The van der Waals surface area contributed by atoms with Crippen LogP contribution in [0.2, 0.25) is 0 Å². The third kappa shape index (κ3) is 6.05. The number of hydrogen-bond acceptors (Lipinski definition) is 4. The predicted octanol–water partition coefficient (Wildman–Crippen LogP) is 4.37. The van der Waals surface area contributed by atoms with Gasteiger partial charge in [-0.3, -0.25) is 4.79 Å². The number of benzene rings is 2. The molecule has 0 spiro atoms. The van der Waals surface area contributed by atoms with E-state index in [1.54, 1.807) is 0 Å². The van der Waals surface area contributed by atoms with Gasteiger partial charge in [-0.05, 0) is 24.1 Å². The molecule has 2 aromatic carbocycles. The van der Waals surface area contributed by atoms with Gasteiger partial charge in [0, 0.05) is 50.1 Å². The van der Waals surface area contributed by atoms with Crippen LogP contribution in [0, 0.1) is 0 Å². The molecule has 1 fully saturated rings. The first-order chi connectivity index (χ1) is 13.3. The highest BCUT2D eigenvalue weighted by molar-refractivity contribution is 7.99. The molecule has 2 aromatic rings. The van der Waals surface area contributed by atoms with Crippen LogP contribution < -0.4 is 15.1 Å². The second-order valence-electron chi connectivity index (χ2n) is 7.22. The molecule has 1 N–H and O–H groups in total. The third-order valence-corrected chi connectivity index (χ3v) is 6.39. The van der Waals surface area contributed by atoms with Crippen molar-refractivity contribution < 1.29 is 4.79 Å². The molecule has 0 aromatic heterocycles.